The van der Waals surface area contributed by atoms with E-state index in [1.807, 2.05) is 19.9 Å². The molecule has 1 aromatic heterocycles. The number of benzene rings is 1. The van der Waals surface area contributed by atoms with Crippen molar-refractivity contribution in [3.8, 4) is 6.07 Å². The topological polar surface area (TPSA) is 81.9 Å². The highest BCUT2D eigenvalue weighted by molar-refractivity contribution is 6.30. The zero-order valence-electron chi connectivity index (χ0n) is 14.6. The minimum absolute atomic E-state index is 0.0110. The number of halogens is 1. The molecule has 26 heavy (non-hydrogen) atoms. The molecule has 0 saturated carbocycles. The summed E-state index contributed by atoms with van der Waals surface area (Å²) in [5.41, 5.74) is 4.10. The van der Waals surface area contributed by atoms with Gasteiger partial charge in [0, 0.05) is 23.3 Å². The molecule has 132 valence electrons. The molecule has 1 N–H and O–H groups in total. The van der Waals surface area contributed by atoms with Crippen LogP contribution in [0.4, 0.5) is 5.95 Å². The summed E-state index contributed by atoms with van der Waals surface area (Å²) in [5.74, 6) is 0.507. The Balaban J connectivity index is 1.53. The van der Waals surface area contributed by atoms with Crippen molar-refractivity contribution in [2.45, 2.75) is 45.3 Å². The van der Waals surface area contributed by atoms with Gasteiger partial charge in [0.05, 0.1) is 29.4 Å². The molecule has 1 aliphatic heterocycles. The third-order valence-electron chi connectivity index (χ3n) is 4.98. The average Bonchev–Trinajstić information content (AvgIpc) is 3.14. The number of nitrogens with zero attached hydrogens (tertiary/aromatic N) is 4. The van der Waals surface area contributed by atoms with E-state index in [9.17, 15) is 10.1 Å². The molecule has 1 aromatic carbocycles. The first-order valence-corrected chi connectivity index (χ1v) is 8.99. The van der Waals surface area contributed by atoms with Gasteiger partial charge in [-0.1, -0.05) is 11.6 Å². The summed E-state index contributed by atoms with van der Waals surface area (Å²) in [7, 11) is 0. The summed E-state index contributed by atoms with van der Waals surface area (Å²) >= 11 is 6.10. The fourth-order valence-electron chi connectivity index (χ4n) is 3.68. The monoisotopic (exact) mass is 367 g/mol. The molecule has 0 fully saturated rings. The summed E-state index contributed by atoms with van der Waals surface area (Å²) in [6.07, 6.45) is 3.10. The predicted molar refractivity (Wildman–Crippen MR) is 98.0 cm³/mol. The van der Waals surface area contributed by atoms with Crippen molar-refractivity contribution in [3.05, 3.63) is 51.3 Å². The number of hydrogen-bond acceptors (Lipinski definition) is 5. The summed E-state index contributed by atoms with van der Waals surface area (Å²) in [6, 6.07) is 6.08. The van der Waals surface area contributed by atoms with Crippen LogP contribution in [-0.2, 0) is 19.4 Å². The molecule has 0 radical (unpaired) electrons. The molecule has 1 amide bonds. The lowest BCUT2D eigenvalue weighted by Gasteiger charge is -2.19. The fourth-order valence-corrected chi connectivity index (χ4v) is 3.92. The highest BCUT2D eigenvalue weighted by Gasteiger charge is 2.31. The lowest BCUT2D eigenvalue weighted by molar-refractivity contribution is 0.0730. The van der Waals surface area contributed by atoms with E-state index < -0.39 is 0 Å². The molecule has 4 rings (SSSR count). The van der Waals surface area contributed by atoms with Gasteiger partial charge in [0.1, 0.15) is 0 Å². The maximum atomic E-state index is 12.3. The number of fused-ring (bicyclic) bond motifs is 2. The van der Waals surface area contributed by atoms with Crippen molar-refractivity contribution in [2.75, 3.05) is 5.32 Å². The highest BCUT2D eigenvalue weighted by atomic mass is 35.5. The van der Waals surface area contributed by atoms with Crippen molar-refractivity contribution >= 4 is 23.5 Å². The van der Waals surface area contributed by atoms with E-state index in [1.54, 1.807) is 17.2 Å². The molecule has 0 bridgehead atoms. The molecule has 0 spiro atoms. The second-order valence-electron chi connectivity index (χ2n) is 7.03. The van der Waals surface area contributed by atoms with Crippen LogP contribution < -0.4 is 5.32 Å². The molecular weight excluding hydrogens is 350 g/mol. The van der Waals surface area contributed by atoms with Crippen molar-refractivity contribution in [3.63, 3.8) is 0 Å². The number of anilines is 1. The van der Waals surface area contributed by atoms with Gasteiger partial charge in [-0.05, 0) is 49.9 Å². The van der Waals surface area contributed by atoms with Crippen LogP contribution in [0.3, 0.4) is 0 Å². The lowest BCUT2D eigenvalue weighted by Crippen LogP contribution is -2.30. The zero-order valence-corrected chi connectivity index (χ0v) is 15.3. The standard InChI is InChI=1S/C19H18ClN5O/c1-10(2)25-9-17-16(18(25)26)8-22-19(24-17)23-14-5-11-3-13(20)4-12(7-21)15(11)6-14/h3-4,8,10,14H,5-6,9H2,1-2H3,(H,22,23,24)/t14-/m0/s1. The van der Waals surface area contributed by atoms with Gasteiger partial charge in [-0.3, -0.25) is 4.79 Å². The van der Waals surface area contributed by atoms with Crippen molar-refractivity contribution in [2.24, 2.45) is 0 Å². The maximum Gasteiger partial charge on any atom is 0.257 e. The van der Waals surface area contributed by atoms with Crippen LogP contribution in [0.1, 0.15) is 46.6 Å². The van der Waals surface area contributed by atoms with Crippen molar-refractivity contribution < 1.29 is 4.79 Å². The first kappa shape index (κ1) is 16.8. The Morgan fingerprint density at radius 2 is 2.19 bits per heavy atom. The van der Waals surface area contributed by atoms with Gasteiger partial charge in [-0.25, -0.2) is 9.97 Å². The molecule has 0 unspecified atom stereocenters. The van der Waals surface area contributed by atoms with E-state index in [2.05, 4.69) is 21.4 Å². The number of hydrogen-bond donors (Lipinski definition) is 1. The van der Waals surface area contributed by atoms with E-state index in [4.69, 9.17) is 11.6 Å². The first-order chi connectivity index (χ1) is 12.5. The first-order valence-electron chi connectivity index (χ1n) is 8.61. The minimum Gasteiger partial charge on any atom is -0.351 e. The van der Waals surface area contributed by atoms with E-state index in [-0.39, 0.29) is 18.0 Å². The Morgan fingerprint density at radius 3 is 2.92 bits per heavy atom. The van der Waals surface area contributed by atoms with Gasteiger partial charge in [0.15, 0.2) is 0 Å². The molecule has 6 nitrogen and oxygen atoms in total. The normalized spacial score (nSPS) is 18.0. The molecule has 1 aliphatic carbocycles. The second kappa shape index (κ2) is 6.26. The van der Waals surface area contributed by atoms with E-state index >= 15 is 0 Å². The molecule has 7 heteroatoms. The van der Waals surface area contributed by atoms with Crippen LogP contribution in [0.2, 0.25) is 5.02 Å². The van der Waals surface area contributed by atoms with Crippen LogP contribution in [0, 0.1) is 11.3 Å². The largest absolute Gasteiger partial charge is 0.351 e. The van der Waals surface area contributed by atoms with Crippen LogP contribution in [0.5, 0.6) is 0 Å². The van der Waals surface area contributed by atoms with Crippen molar-refractivity contribution in [1.82, 2.24) is 14.9 Å². The van der Waals surface area contributed by atoms with E-state index in [0.717, 1.165) is 29.7 Å². The molecular formula is C19H18ClN5O. The summed E-state index contributed by atoms with van der Waals surface area (Å²) in [6.45, 7) is 4.50. The van der Waals surface area contributed by atoms with Gasteiger partial charge < -0.3 is 10.2 Å². The Hall–Kier alpha value is -2.65. The number of aromatic nitrogens is 2. The molecule has 2 heterocycles. The van der Waals surface area contributed by atoms with Gasteiger partial charge in [-0.15, -0.1) is 0 Å². The number of rotatable bonds is 3. The van der Waals surface area contributed by atoms with Crippen molar-refractivity contribution in [1.29, 1.82) is 5.26 Å². The number of amides is 1. The summed E-state index contributed by atoms with van der Waals surface area (Å²) in [5, 5.41) is 13.2. The highest BCUT2D eigenvalue weighted by Crippen LogP contribution is 2.30. The van der Waals surface area contributed by atoms with Gasteiger partial charge >= 0.3 is 0 Å². The third kappa shape index (κ3) is 2.78. The molecule has 2 aliphatic rings. The van der Waals surface area contributed by atoms with Crippen LogP contribution in [0.25, 0.3) is 0 Å². The third-order valence-corrected chi connectivity index (χ3v) is 5.20. The molecule has 0 saturated heterocycles. The minimum atomic E-state index is -0.0110. The van der Waals surface area contributed by atoms with E-state index in [0.29, 0.717) is 28.6 Å². The maximum absolute atomic E-state index is 12.3. The van der Waals surface area contributed by atoms with E-state index in [1.165, 1.54) is 0 Å². The number of carbonyl (C=O) groups is 1. The Bertz CT molecular complexity index is 950. The Morgan fingerprint density at radius 1 is 1.38 bits per heavy atom. The van der Waals surface area contributed by atoms with Crippen LogP contribution in [-0.4, -0.2) is 32.9 Å². The predicted octanol–water partition coefficient (Wildman–Crippen LogP) is 2.95. The van der Waals surface area contributed by atoms with Crippen LogP contribution in [0.15, 0.2) is 18.3 Å². The van der Waals surface area contributed by atoms with Gasteiger partial charge in [0.2, 0.25) is 5.95 Å². The smallest absolute Gasteiger partial charge is 0.257 e. The molecule has 1 atom stereocenters. The SMILES string of the molecule is CC(C)N1Cc2nc(N[C@H]3Cc4cc(Cl)cc(C#N)c4C3)ncc2C1=O. The van der Waals surface area contributed by atoms with Gasteiger partial charge in [-0.2, -0.15) is 5.26 Å². The van der Waals surface area contributed by atoms with Crippen LogP contribution >= 0.6 is 11.6 Å². The zero-order chi connectivity index (χ0) is 18.4. The summed E-state index contributed by atoms with van der Waals surface area (Å²) < 4.78 is 0. The Kier molecular flexibility index (Phi) is 4.04. The fraction of sp³-hybridized carbons (Fsp3) is 0.368. The second-order valence-corrected chi connectivity index (χ2v) is 7.47. The number of nitrogens with one attached hydrogen (secondary N) is 1. The number of carbonyl (C=O) groups excluding carboxylic acids is 1. The lowest BCUT2D eigenvalue weighted by atomic mass is 10.0. The Labute approximate surface area is 156 Å². The quantitative estimate of drug-likeness (QED) is 0.901. The van der Waals surface area contributed by atoms with Gasteiger partial charge in [0.25, 0.3) is 5.91 Å². The average molecular weight is 368 g/mol. The number of nitriles is 1. The molecule has 2 aromatic rings. The summed E-state index contributed by atoms with van der Waals surface area (Å²) in [4.78, 5) is 23.0.